The van der Waals surface area contributed by atoms with Crippen LogP contribution in [0.2, 0.25) is 0 Å². The summed E-state index contributed by atoms with van der Waals surface area (Å²) in [5, 5.41) is 2.87. The number of aromatic amines is 1. The zero-order valence-electron chi connectivity index (χ0n) is 14.0. The number of carbonyl (C=O) groups is 1. The molecule has 0 radical (unpaired) electrons. The first-order chi connectivity index (χ1) is 11.6. The minimum atomic E-state index is -0.512. The fraction of sp³-hybridized carbons (Fsp3) is 0.444. The number of hydrogen-bond donors (Lipinski definition) is 2. The standard InChI is InChI=1S/C18H23N3O3/c1-12-10-19-17(20-12)14-5-7-15(8-6-14)21-18(22)13(2)24-11-16-4-3-9-23-16/h5-8,10,13,16H,3-4,9,11H2,1-2H3,(H,19,20)(H,21,22)/t13-,16-/m1/s1. The van der Waals surface area contributed by atoms with Crippen LogP contribution in [0, 0.1) is 6.92 Å². The topological polar surface area (TPSA) is 76.2 Å². The van der Waals surface area contributed by atoms with Gasteiger partial charge in [-0.15, -0.1) is 0 Å². The van der Waals surface area contributed by atoms with Crippen LogP contribution in [-0.4, -0.2) is 41.3 Å². The number of anilines is 1. The van der Waals surface area contributed by atoms with E-state index in [-0.39, 0.29) is 12.0 Å². The maximum absolute atomic E-state index is 12.2. The van der Waals surface area contributed by atoms with Gasteiger partial charge in [0.25, 0.3) is 5.91 Å². The second-order valence-corrected chi connectivity index (χ2v) is 6.09. The van der Waals surface area contributed by atoms with Crippen LogP contribution >= 0.6 is 0 Å². The zero-order valence-corrected chi connectivity index (χ0v) is 14.0. The van der Waals surface area contributed by atoms with Gasteiger partial charge in [0.2, 0.25) is 0 Å². The Morgan fingerprint density at radius 3 is 2.88 bits per heavy atom. The van der Waals surface area contributed by atoms with Crippen molar-refractivity contribution in [2.24, 2.45) is 0 Å². The van der Waals surface area contributed by atoms with E-state index in [1.807, 2.05) is 31.2 Å². The van der Waals surface area contributed by atoms with Crippen LogP contribution in [0.1, 0.15) is 25.5 Å². The Hall–Kier alpha value is -2.18. The van der Waals surface area contributed by atoms with E-state index in [2.05, 4.69) is 15.3 Å². The molecule has 6 heteroatoms. The molecule has 128 valence electrons. The number of nitrogens with zero attached hydrogens (tertiary/aromatic N) is 1. The number of hydrogen-bond acceptors (Lipinski definition) is 4. The first-order valence-electron chi connectivity index (χ1n) is 8.28. The van der Waals surface area contributed by atoms with Crippen molar-refractivity contribution < 1.29 is 14.3 Å². The lowest BCUT2D eigenvalue weighted by atomic mass is 10.2. The molecule has 1 saturated heterocycles. The number of carbonyl (C=O) groups excluding carboxylic acids is 1. The predicted octanol–water partition coefficient (Wildman–Crippen LogP) is 2.91. The molecule has 1 aromatic heterocycles. The highest BCUT2D eigenvalue weighted by Gasteiger charge is 2.20. The summed E-state index contributed by atoms with van der Waals surface area (Å²) in [5.74, 6) is 0.660. The minimum absolute atomic E-state index is 0.122. The van der Waals surface area contributed by atoms with Crippen LogP contribution in [0.15, 0.2) is 30.5 Å². The summed E-state index contributed by atoms with van der Waals surface area (Å²) in [6.07, 6.45) is 3.47. The maximum atomic E-state index is 12.2. The first kappa shape index (κ1) is 16.7. The van der Waals surface area contributed by atoms with E-state index in [4.69, 9.17) is 9.47 Å². The number of benzene rings is 1. The van der Waals surface area contributed by atoms with Crippen molar-refractivity contribution in [2.45, 2.75) is 38.9 Å². The minimum Gasteiger partial charge on any atom is -0.376 e. The molecule has 0 saturated carbocycles. The van der Waals surface area contributed by atoms with Crippen LogP contribution < -0.4 is 5.32 Å². The fourth-order valence-corrected chi connectivity index (χ4v) is 2.62. The van der Waals surface area contributed by atoms with Gasteiger partial charge >= 0.3 is 0 Å². The average molecular weight is 329 g/mol. The summed E-state index contributed by atoms with van der Waals surface area (Å²) in [6.45, 7) is 4.97. The summed E-state index contributed by atoms with van der Waals surface area (Å²) in [6, 6.07) is 7.56. The summed E-state index contributed by atoms with van der Waals surface area (Å²) in [5.41, 5.74) is 2.72. The Morgan fingerprint density at radius 1 is 1.46 bits per heavy atom. The quantitative estimate of drug-likeness (QED) is 0.854. The molecule has 1 aliphatic rings. The fourth-order valence-electron chi connectivity index (χ4n) is 2.62. The van der Waals surface area contributed by atoms with Crippen molar-refractivity contribution in [3.05, 3.63) is 36.2 Å². The van der Waals surface area contributed by atoms with Crippen LogP contribution in [0.4, 0.5) is 5.69 Å². The first-order valence-corrected chi connectivity index (χ1v) is 8.28. The number of aromatic nitrogens is 2. The van der Waals surface area contributed by atoms with Crippen molar-refractivity contribution in [3.8, 4) is 11.4 Å². The molecule has 0 spiro atoms. The van der Waals surface area contributed by atoms with Gasteiger partial charge in [-0.05, 0) is 51.0 Å². The zero-order chi connectivity index (χ0) is 16.9. The van der Waals surface area contributed by atoms with Gasteiger partial charge in [0.15, 0.2) is 0 Å². The van der Waals surface area contributed by atoms with E-state index in [9.17, 15) is 4.79 Å². The highest BCUT2D eigenvalue weighted by Crippen LogP contribution is 2.19. The van der Waals surface area contributed by atoms with E-state index in [0.29, 0.717) is 6.61 Å². The largest absolute Gasteiger partial charge is 0.376 e. The molecule has 2 heterocycles. The number of H-pyrrole nitrogens is 1. The Labute approximate surface area is 141 Å². The molecular formula is C18H23N3O3. The van der Waals surface area contributed by atoms with Crippen molar-refractivity contribution in [1.29, 1.82) is 0 Å². The smallest absolute Gasteiger partial charge is 0.253 e. The van der Waals surface area contributed by atoms with Gasteiger partial charge in [0, 0.05) is 29.7 Å². The van der Waals surface area contributed by atoms with Gasteiger partial charge in [0.1, 0.15) is 11.9 Å². The average Bonchev–Trinajstić information content (AvgIpc) is 3.25. The van der Waals surface area contributed by atoms with Gasteiger partial charge in [-0.3, -0.25) is 4.79 Å². The maximum Gasteiger partial charge on any atom is 0.253 e. The van der Waals surface area contributed by atoms with Crippen molar-refractivity contribution in [3.63, 3.8) is 0 Å². The lowest BCUT2D eigenvalue weighted by molar-refractivity contribution is -0.128. The van der Waals surface area contributed by atoms with Gasteiger partial charge in [-0.2, -0.15) is 0 Å². The highest BCUT2D eigenvalue weighted by atomic mass is 16.5. The second kappa shape index (κ2) is 7.59. The number of rotatable bonds is 6. The van der Waals surface area contributed by atoms with Crippen LogP contribution in [0.5, 0.6) is 0 Å². The third kappa shape index (κ3) is 4.21. The molecular weight excluding hydrogens is 306 g/mol. The molecule has 2 aromatic rings. The molecule has 2 atom stereocenters. The van der Waals surface area contributed by atoms with Gasteiger partial charge in [-0.1, -0.05) is 0 Å². The van der Waals surface area contributed by atoms with Crippen LogP contribution in [0.3, 0.4) is 0 Å². The number of nitrogens with one attached hydrogen (secondary N) is 2. The number of ether oxygens (including phenoxy) is 2. The SMILES string of the molecule is Cc1cnc(-c2ccc(NC(=O)[C@@H](C)OC[C@H]3CCCO3)cc2)[nH]1. The molecule has 2 N–H and O–H groups in total. The second-order valence-electron chi connectivity index (χ2n) is 6.09. The van der Waals surface area contributed by atoms with Crippen molar-refractivity contribution in [2.75, 3.05) is 18.5 Å². The molecule has 0 bridgehead atoms. The third-order valence-electron chi connectivity index (χ3n) is 4.05. The molecule has 3 rings (SSSR count). The predicted molar refractivity (Wildman–Crippen MR) is 91.8 cm³/mol. The summed E-state index contributed by atoms with van der Waals surface area (Å²) in [4.78, 5) is 19.7. The Morgan fingerprint density at radius 2 is 2.25 bits per heavy atom. The lowest BCUT2D eigenvalue weighted by Gasteiger charge is -2.16. The van der Waals surface area contributed by atoms with Gasteiger partial charge in [0.05, 0.1) is 12.7 Å². The highest BCUT2D eigenvalue weighted by molar-refractivity contribution is 5.94. The molecule has 6 nitrogen and oxygen atoms in total. The van der Waals surface area contributed by atoms with Crippen molar-refractivity contribution >= 4 is 11.6 Å². The van der Waals surface area contributed by atoms with E-state index >= 15 is 0 Å². The van der Waals surface area contributed by atoms with Crippen LogP contribution in [-0.2, 0) is 14.3 Å². The Balaban J connectivity index is 1.52. The lowest BCUT2D eigenvalue weighted by Crippen LogP contribution is -2.30. The Bertz CT molecular complexity index is 675. The summed E-state index contributed by atoms with van der Waals surface area (Å²) >= 11 is 0. The van der Waals surface area contributed by atoms with E-state index in [1.165, 1.54) is 0 Å². The van der Waals surface area contributed by atoms with E-state index in [1.54, 1.807) is 13.1 Å². The monoisotopic (exact) mass is 329 g/mol. The molecule has 0 unspecified atom stereocenters. The summed E-state index contributed by atoms with van der Waals surface area (Å²) < 4.78 is 11.1. The molecule has 1 aromatic carbocycles. The molecule has 1 fully saturated rings. The van der Waals surface area contributed by atoms with E-state index in [0.717, 1.165) is 42.2 Å². The molecule has 1 aliphatic heterocycles. The van der Waals surface area contributed by atoms with E-state index < -0.39 is 6.10 Å². The number of imidazole rings is 1. The number of amides is 1. The Kier molecular flexibility index (Phi) is 5.27. The third-order valence-corrected chi connectivity index (χ3v) is 4.05. The molecule has 24 heavy (non-hydrogen) atoms. The van der Waals surface area contributed by atoms with Crippen LogP contribution in [0.25, 0.3) is 11.4 Å². The van der Waals surface area contributed by atoms with Gasteiger partial charge in [-0.25, -0.2) is 4.98 Å². The van der Waals surface area contributed by atoms with Crippen molar-refractivity contribution in [1.82, 2.24) is 9.97 Å². The molecule has 1 amide bonds. The van der Waals surface area contributed by atoms with Gasteiger partial charge < -0.3 is 19.8 Å². The normalized spacial score (nSPS) is 18.5. The number of aryl methyl sites for hydroxylation is 1. The summed E-state index contributed by atoms with van der Waals surface area (Å²) in [7, 11) is 0. The molecule has 0 aliphatic carbocycles.